The third kappa shape index (κ3) is 2.64. The lowest BCUT2D eigenvalue weighted by molar-refractivity contribution is 0.102. The molecule has 2 aromatic heterocycles. The molecule has 1 amide bonds. The van der Waals surface area contributed by atoms with Crippen molar-refractivity contribution in [1.82, 2.24) is 9.38 Å². The zero-order valence-corrected chi connectivity index (χ0v) is 12.6. The van der Waals surface area contributed by atoms with Crippen molar-refractivity contribution in [2.75, 3.05) is 11.6 Å². The van der Waals surface area contributed by atoms with Gasteiger partial charge in [-0.2, -0.15) is 0 Å². The van der Waals surface area contributed by atoms with E-state index < -0.39 is 0 Å². The van der Waals surface area contributed by atoms with Crippen LogP contribution in [0.1, 0.15) is 16.2 Å². The Morgan fingerprint density at radius 2 is 2.10 bits per heavy atom. The number of imidazole rings is 1. The Morgan fingerprint density at radius 3 is 2.90 bits per heavy atom. The standard InChI is InChI=1S/C16H15N3OS/c1-11-15(19-9-4-3-8-14(19)17-11)16(20)18-12-6-5-7-13(10-12)21-2/h3-10H,1-2H3,(H,18,20). The normalized spacial score (nSPS) is 10.8. The number of benzene rings is 1. The molecule has 5 heteroatoms. The number of carbonyl (C=O) groups is 1. The fourth-order valence-electron chi connectivity index (χ4n) is 2.28. The fraction of sp³-hybridized carbons (Fsp3) is 0.125. The van der Waals surface area contributed by atoms with E-state index in [0.717, 1.165) is 21.9 Å². The van der Waals surface area contributed by atoms with E-state index in [2.05, 4.69) is 10.3 Å². The van der Waals surface area contributed by atoms with Gasteiger partial charge in [-0.1, -0.05) is 12.1 Å². The van der Waals surface area contributed by atoms with Gasteiger partial charge in [-0.3, -0.25) is 9.20 Å². The van der Waals surface area contributed by atoms with Crippen LogP contribution in [0.4, 0.5) is 5.69 Å². The first kappa shape index (κ1) is 13.7. The number of hydrogen-bond donors (Lipinski definition) is 1. The van der Waals surface area contributed by atoms with Crippen LogP contribution in [0.5, 0.6) is 0 Å². The van der Waals surface area contributed by atoms with Gasteiger partial charge in [0, 0.05) is 16.8 Å². The van der Waals surface area contributed by atoms with E-state index in [9.17, 15) is 4.79 Å². The SMILES string of the molecule is CSc1cccc(NC(=O)c2c(C)nc3ccccn23)c1. The van der Waals surface area contributed by atoms with Gasteiger partial charge in [0.25, 0.3) is 5.91 Å². The fourth-order valence-corrected chi connectivity index (χ4v) is 2.74. The average molecular weight is 297 g/mol. The van der Waals surface area contributed by atoms with Crippen LogP contribution in [-0.4, -0.2) is 21.5 Å². The van der Waals surface area contributed by atoms with E-state index in [-0.39, 0.29) is 5.91 Å². The quantitative estimate of drug-likeness (QED) is 0.751. The van der Waals surface area contributed by atoms with Crippen molar-refractivity contribution in [1.29, 1.82) is 0 Å². The lowest BCUT2D eigenvalue weighted by Gasteiger charge is -2.07. The first-order valence-corrected chi connectivity index (χ1v) is 7.80. The van der Waals surface area contributed by atoms with E-state index in [0.29, 0.717) is 5.69 Å². The third-order valence-electron chi connectivity index (χ3n) is 3.25. The molecule has 0 aliphatic heterocycles. The van der Waals surface area contributed by atoms with E-state index in [4.69, 9.17) is 0 Å². The summed E-state index contributed by atoms with van der Waals surface area (Å²) in [5.74, 6) is -0.149. The number of pyridine rings is 1. The molecule has 0 fully saturated rings. The summed E-state index contributed by atoms with van der Waals surface area (Å²) in [6, 6.07) is 13.5. The summed E-state index contributed by atoms with van der Waals surface area (Å²) in [6.45, 7) is 1.85. The van der Waals surface area contributed by atoms with Crippen molar-refractivity contribution in [2.24, 2.45) is 0 Å². The first-order valence-electron chi connectivity index (χ1n) is 6.58. The van der Waals surface area contributed by atoms with Gasteiger partial charge in [0.15, 0.2) is 0 Å². The molecule has 2 heterocycles. The Bertz CT molecular complexity index is 810. The van der Waals surface area contributed by atoms with Crippen molar-refractivity contribution in [3.63, 3.8) is 0 Å². The van der Waals surface area contributed by atoms with Crippen LogP contribution in [0, 0.1) is 6.92 Å². The summed E-state index contributed by atoms with van der Waals surface area (Å²) in [5.41, 5.74) is 2.86. The number of carbonyl (C=O) groups excluding carboxylic acids is 1. The van der Waals surface area contributed by atoms with Gasteiger partial charge in [0.2, 0.25) is 0 Å². The maximum absolute atomic E-state index is 12.5. The largest absolute Gasteiger partial charge is 0.321 e. The second kappa shape index (κ2) is 5.61. The second-order valence-corrected chi connectivity index (χ2v) is 5.54. The predicted octanol–water partition coefficient (Wildman–Crippen LogP) is 3.62. The third-order valence-corrected chi connectivity index (χ3v) is 3.97. The summed E-state index contributed by atoms with van der Waals surface area (Å²) < 4.78 is 1.81. The summed E-state index contributed by atoms with van der Waals surface area (Å²) in [6.07, 6.45) is 3.86. The number of aryl methyl sites for hydroxylation is 1. The van der Waals surface area contributed by atoms with Crippen molar-refractivity contribution in [2.45, 2.75) is 11.8 Å². The van der Waals surface area contributed by atoms with E-state index in [1.807, 2.05) is 66.2 Å². The molecule has 0 spiro atoms. The number of rotatable bonds is 3. The van der Waals surface area contributed by atoms with Crippen LogP contribution in [0.3, 0.4) is 0 Å². The zero-order valence-electron chi connectivity index (χ0n) is 11.8. The van der Waals surface area contributed by atoms with Crippen molar-refractivity contribution < 1.29 is 4.79 Å². The topological polar surface area (TPSA) is 46.4 Å². The van der Waals surface area contributed by atoms with Gasteiger partial charge < -0.3 is 5.32 Å². The van der Waals surface area contributed by atoms with Gasteiger partial charge in [0.1, 0.15) is 11.3 Å². The molecule has 4 nitrogen and oxygen atoms in total. The molecule has 0 bridgehead atoms. The van der Waals surface area contributed by atoms with Crippen molar-refractivity contribution >= 4 is 29.0 Å². The number of thioether (sulfide) groups is 1. The molecule has 21 heavy (non-hydrogen) atoms. The monoisotopic (exact) mass is 297 g/mol. The number of fused-ring (bicyclic) bond motifs is 1. The average Bonchev–Trinajstić information content (AvgIpc) is 2.83. The maximum Gasteiger partial charge on any atom is 0.274 e. The van der Waals surface area contributed by atoms with Gasteiger partial charge >= 0.3 is 0 Å². The summed E-state index contributed by atoms with van der Waals surface area (Å²) in [4.78, 5) is 18.1. The minimum atomic E-state index is -0.149. The van der Waals surface area contributed by atoms with Gasteiger partial charge in [-0.15, -0.1) is 11.8 Å². The number of nitrogens with one attached hydrogen (secondary N) is 1. The molecule has 0 saturated carbocycles. The van der Waals surface area contributed by atoms with Crippen LogP contribution < -0.4 is 5.32 Å². The lowest BCUT2D eigenvalue weighted by atomic mass is 10.3. The van der Waals surface area contributed by atoms with Gasteiger partial charge in [-0.25, -0.2) is 4.98 Å². The van der Waals surface area contributed by atoms with Crippen molar-refractivity contribution in [3.8, 4) is 0 Å². The minimum absolute atomic E-state index is 0.149. The van der Waals surface area contributed by atoms with E-state index in [1.165, 1.54) is 0 Å². The molecule has 0 unspecified atom stereocenters. The first-order chi connectivity index (χ1) is 10.2. The summed E-state index contributed by atoms with van der Waals surface area (Å²) in [7, 11) is 0. The lowest BCUT2D eigenvalue weighted by Crippen LogP contribution is -2.15. The molecule has 1 aromatic carbocycles. The highest BCUT2D eigenvalue weighted by molar-refractivity contribution is 7.98. The maximum atomic E-state index is 12.5. The highest BCUT2D eigenvalue weighted by Crippen LogP contribution is 2.20. The van der Waals surface area contributed by atoms with Gasteiger partial charge in [-0.05, 0) is 43.5 Å². The van der Waals surface area contributed by atoms with Crippen LogP contribution >= 0.6 is 11.8 Å². The Hall–Kier alpha value is -2.27. The Balaban J connectivity index is 1.95. The molecule has 0 aliphatic rings. The Kier molecular flexibility index (Phi) is 3.66. The molecule has 1 N–H and O–H groups in total. The summed E-state index contributed by atoms with van der Waals surface area (Å²) in [5, 5.41) is 2.94. The molecule has 0 aliphatic carbocycles. The van der Waals surface area contributed by atoms with Crippen LogP contribution in [0.15, 0.2) is 53.6 Å². The van der Waals surface area contributed by atoms with Crippen LogP contribution in [0.2, 0.25) is 0 Å². The Morgan fingerprint density at radius 1 is 1.24 bits per heavy atom. The molecule has 0 radical (unpaired) electrons. The smallest absolute Gasteiger partial charge is 0.274 e. The molecule has 0 saturated heterocycles. The molecule has 3 rings (SSSR count). The second-order valence-electron chi connectivity index (χ2n) is 4.66. The number of amides is 1. The molecule has 0 atom stereocenters. The zero-order chi connectivity index (χ0) is 14.8. The molecule has 106 valence electrons. The number of nitrogens with zero attached hydrogens (tertiary/aromatic N) is 2. The molecule has 3 aromatic rings. The number of hydrogen-bond acceptors (Lipinski definition) is 3. The highest BCUT2D eigenvalue weighted by atomic mass is 32.2. The number of anilines is 1. The van der Waals surface area contributed by atoms with E-state index >= 15 is 0 Å². The van der Waals surface area contributed by atoms with Crippen LogP contribution in [0.25, 0.3) is 5.65 Å². The summed E-state index contributed by atoms with van der Waals surface area (Å²) >= 11 is 1.64. The van der Waals surface area contributed by atoms with Crippen molar-refractivity contribution in [3.05, 3.63) is 60.0 Å². The van der Waals surface area contributed by atoms with E-state index in [1.54, 1.807) is 11.8 Å². The van der Waals surface area contributed by atoms with Gasteiger partial charge in [0.05, 0.1) is 5.69 Å². The van der Waals surface area contributed by atoms with Crippen LogP contribution in [-0.2, 0) is 0 Å². The highest BCUT2D eigenvalue weighted by Gasteiger charge is 2.16. The molecular weight excluding hydrogens is 282 g/mol. The Labute approximate surface area is 127 Å². The molecular formula is C16H15N3OS. The number of aromatic nitrogens is 2. The minimum Gasteiger partial charge on any atom is -0.321 e. The predicted molar refractivity (Wildman–Crippen MR) is 86.1 cm³/mol.